The third-order valence-electron chi connectivity index (χ3n) is 2.15. The predicted octanol–water partition coefficient (Wildman–Crippen LogP) is 1.61. The van der Waals surface area contributed by atoms with Crippen LogP contribution in [-0.2, 0) is 7.05 Å². The molecule has 68 valence electrons. The quantitative estimate of drug-likeness (QED) is 0.478. The standard InChI is InChI=1S/C9H9FN2O/c1-12-3-2-5-7(12)4-6(10)8(11)9(5)13/h2-4,13H,11H2,1H3. The van der Waals surface area contributed by atoms with Crippen LogP contribution in [0, 0.1) is 5.82 Å². The van der Waals surface area contributed by atoms with Gasteiger partial charge in [-0.1, -0.05) is 0 Å². The van der Waals surface area contributed by atoms with Crippen molar-refractivity contribution in [3.8, 4) is 5.75 Å². The van der Waals surface area contributed by atoms with Gasteiger partial charge >= 0.3 is 0 Å². The van der Waals surface area contributed by atoms with Gasteiger partial charge in [0.1, 0.15) is 5.69 Å². The first-order valence-corrected chi connectivity index (χ1v) is 3.83. The molecule has 0 spiro atoms. The summed E-state index contributed by atoms with van der Waals surface area (Å²) in [6, 6.07) is 3.00. The number of benzene rings is 1. The fraction of sp³-hybridized carbons (Fsp3) is 0.111. The van der Waals surface area contributed by atoms with Crippen molar-refractivity contribution in [3.63, 3.8) is 0 Å². The Morgan fingerprint density at radius 3 is 2.92 bits per heavy atom. The summed E-state index contributed by atoms with van der Waals surface area (Å²) in [7, 11) is 1.78. The van der Waals surface area contributed by atoms with Crippen LogP contribution in [0.15, 0.2) is 18.3 Å². The molecule has 0 fully saturated rings. The molecule has 2 aromatic rings. The van der Waals surface area contributed by atoms with E-state index in [2.05, 4.69) is 0 Å². The maximum absolute atomic E-state index is 13.1. The van der Waals surface area contributed by atoms with Gasteiger partial charge in [-0.15, -0.1) is 0 Å². The molecular weight excluding hydrogens is 171 g/mol. The maximum atomic E-state index is 13.1. The number of nitrogens with zero attached hydrogens (tertiary/aromatic N) is 1. The van der Waals surface area contributed by atoms with Gasteiger partial charge in [0, 0.05) is 24.7 Å². The minimum atomic E-state index is -0.591. The van der Waals surface area contributed by atoms with Crippen molar-refractivity contribution in [2.75, 3.05) is 5.73 Å². The number of hydrogen-bond acceptors (Lipinski definition) is 2. The fourth-order valence-electron chi connectivity index (χ4n) is 1.38. The molecule has 0 atom stereocenters. The van der Waals surface area contributed by atoms with E-state index in [-0.39, 0.29) is 11.4 Å². The van der Waals surface area contributed by atoms with Gasteiger partial charge in [0.05, 0.1) is 5.52 Å². The summed E-state index contributed by atoms with van der Waals surface area (Å²) in [5.74, 6) is -0.776. The highest BCUT2D eigenvalue weighted by atomic mass is 19.1. The Morgan fingerprint density at radius 1 is 1.54 bits per heavy atom. The molecule has 3 N–H and O–H groups in total. The summed E-state index contributed by atoms with van der Waals surface area (Å²) in [4.78, 5) is 0. The van der Waals surface area contributed by atoms with Crippen molar-refractivity contribution >= 4 is 16.6 Å². The third-order valence-corrected chi connectivity index (χ3v) is 2.15. The second-order valence-electron chi connectivity index (χ2n) is 2.98. The van der Waals surface area contributed by atoms with Crippen LogP contribution >= 0.6 is 0 Å². The highest BCUT2D eigenvalue weighted by Gasteiger charge is 2.11. The summed E-state index contributed by atoms with van der Waals surface area (Å²) in [6.45, 7) is 0. The Kier molecular flexibility index (Phi) is 1.45. The highest BCUT2D eigenvalue weighted by Crippen LogP contribution is 2.33. The first-order chi connectivity index (χ1) is 6.11. The van der Waals surface area contributed by atoms with E-state index < -0.39 is 5.82 Å². The van der Waals surface area contributed by atoms with E-state index in [1.54, 1.807) is 23.9 Å². The van der Waals surface area contributed by atoms with Gasteiger partial charge in [-0.2, -0.15) is 0 Å². The predicted molar refractivity (Wildman–Crippen MR) is 49.0 cm³/mol. The van der Waals surface area contributed by atoms with Crippen molar-refractivity contribution in [2.24, 2.45) is 7.05 Å². The van der Waals surface area contributed by atoms with Crippen molar-refractivity contribution in [3.05, 3.63) is 24.1 Å². The largest absolute Gasteiger partial charge is 0.505 e. The van der Waals surface area contributed by atoms with E-state index in [0.717, 1.165) is 0 Å². The van der Waals surface area contributed by atoms with Crippen LogP contribution in [0.3, 0.4) is 0 Å². The minimum Gasteiger partial charge on any atom is -0.505 e. The molecule has 0 bridgehead atoms. The zero-order chi connectivity index (χ0) is 9.59. The number of anilines is 1. The van der Waals surface area contributed by atoms with Gasteiger partial charge in [-0.05, 0) is 6.07 Å². The van der Waals surface area contributed by atoms with Gasteiger partial charge in [-0.25, -0.2) is 4.39 Å². The van der Waals surface area contributed by atoms with Crippen molar-refractivity contribution in [2.45, 2.75) is 0 Å². The van der Waals surface area contributed by atoms with E-state index >= 15 is 0 Å². The number of phenols is 1. The van der Waals surface area contributed by atoms with Crippen LogP contribution in [0.5, 0.6) is 5.75 Å². The van der Waals surface area contributed by atoms with E-state index in [4.69, 9.17) is 5.73 Å². The Balaban J connectivity index is 2.96. The lowest BCUT2D eigenvalue weighted by molar-refractivity contribution is 0.479. The van der Waals surface area contributed by atoms with Crippen LogP contribution < -0.4 is 5.73 Å². The molecule has 0 aliphatic rings. The molecule has 0 amide bonds. The van der Waals surface area contributed by atoms with E-state index in [1.807, 2.05) is 0 Å². The van der Waals surface area contributed by atoms with Gasteiger partial charge in [0.25, 0.3) is 0 Å². The molecule has 0 unspecified atom stereocenters. The molecule has 0 saturated carbocycles. The maximum Gasteiger partial charge on any atom is 0.152 e. The number of aromatic hydroxyl groups is 1. The normalized spacial score (nSPS) is 10.9. The number of nitrogen functional groups attached to an aromatic ring is 1. The molecule has 4 heteroatoms. The van der Waals surface area contributed by atoms with Crippen LogP contribution in [0.4, 0.5) is 10.1 Å². The SMILES string of the molecule is Cn1ccc2c(O)c(N)c(F)cc21. The lowest BCUT2D eigenvalue weighted by Gasteiger charge is -2.03. The molecule has 3 nitrogen and oxygen atoms in total. The van der Waals surface area contributed by atoms with Crippen LogP contribution in [0.2, 0.25) is 0 Å². The van der Waals surface area contributed by atoms with Crippen LogP contribution in [0.1, 0.15) is 0 Å². The second kappa shape index (κ2) is 2.39. The number of phenolic OH excluding ortho intramolecular Hbond substituents is 1. The van der Waals surface area contributed by atoms with Gasteiger partial charge in [0.2, 0.25) is 0 Å². The summed E-state index contributed by atoms with van der Waals surface area (Å²) in [6.07, 6.45) is 1.74. The number of halogens is 1. The topological polar surface area (TPSA) is 51.2 Å². The molecule has 0 aliphatic heterocycles. The first kappa shape index (κ1) is 7.91. The van der Waals surface area contributed by atoms with Crippen LogP contribution in [0.25, 0.3) is 10.9 Å². The fourth-order valence-corrected chi connectivity index (χ4v) is 1.38. The zero-order valence-electron chi connectivity index (χ0n) is 7.08. The molecule has 1 heterocycles. The summed E-state index contributed by atoms with van der Waals surface area (Å²) >= 11 is 0. The highest BCUT2D eigenvalue weighted by molar-refractivity contribution is 5.91. The number of aromatic nitrogens is 1. The number of hydrogen-bond donors (Lipinski definition) is 2. The summed E-state index contributed by atoms with van der Waals surface area (Å²) in [5.41, 5.74) is 5.76. The van der Waals surface area contributed by atoms with Gasteiger partial charge in [0.15, 0.2) is 11.6 Å². The summed E-state index contributed by atoms with van der Waals surface area (Å²) < 4.78 is 14.8. The number of fused-ring (bicyclic) bond motifs is 1. The van der Waals surface area contributed by atoms with Crippen molar-refractivity contribution < 1.29 is 9.50 Å². The molecule has 0 radical (unpaired) electrons. The smallest absolute Gasteiger partial charge is 0.152 e. The van der Waals surface area contributed by atoms with Crippen molar-refractivity contribution in [1.82, 2.24) is 4.57 Å². The number of nitrogens with two attached hydrogens (primary N) is 1. The Hall–Kier alpha value is -1.71. The average molecular weight is 180 g/mol. The average Bonchev–Trinajstić information content (AvgIpc) is 2.45. The van der Waals surface area contributed by atoms with E-state index in [0.29, 0.717) is 10.9 Å². The third kappa shape index (κ3) is 0.950. The molecule has 1 aromatic heterocycles. The number of rotatable bonds is 0. The number of aryl methyl sites for hydroxylation is 1. The minimum absolute atomic E-state index is 0.185. The Morgan fingerprint density at radius 2 is 2.23 bits per heavy atom. The Labute approximate surface area is 74.2 Å². The molecule has 2 rings (SSSR count). The van der Waals surface area contributed by atoms with Gasteiger partial charge in [-0.3, -0.25) is 0 Å². The molecule has 0 saturated heterocycles. The molecule has 13 heavy (non-hydrogen) atoms. The lowest BCUT2D eigenvalue weighted by Crippen LogP contribution is -1.93. The van der Waals surface area contributed by atoms with Crippen LogP contribution in [-0.4, -0.2) is 9.67 Å². The Bertz CT molecular complexity index is 476. The molecular formula is C9H9FN2O. The van der Waals surface area contributed by atoms with E-state index in [1.165, 1.54) is 6.07 Å². The summed E-state index contributed by atoms with van der Waals surface area (Å²) in [5, 5.41) is 10.0. The molecule has 0 aliphatic carbocycles. The van der Waals surface area contributed by atoms with Crippen molar-refractivity contribution in [1.29, 1.82) is 0 Å². The monoisotopic (exact) mass is 180 g/mol. The van der Waals surface area contributed by atoms with Gasteiger partial charge < -0.3 is 15.4 Å². The second-order valence-corrected chi connectivity index (χ2v) is 2.98. The first-order valence-electron chi connectivity index (χ1n) is 3.83. The van der Waals surface area contributed by atoms with E-state index in [9.17, 15) is 9.50 Å². The lowest BCUT2D eigenvalue weighted by atomic mass is 10.2. The zero-order valence-corrected chi connectivity index (χ0v) is 7.08. The molecule has 1 aromatic carbocycles.